The van der Waals surface area contributed by atoms with E-state index in [4.69, 9.17) is 9.47 Å². The van der Waals surface area contributed by atoms with Crippen LogP contribution in [0.4, 0.5) is 5.82 Å². The van der Waals surface area contributed by atoms with E-state index in [1.807, 2.05) is 0 Å². The molecule has 5 nitrogen and oxygen atoms in total. The Morgan fingerprint density at radius 3 is 2.65 bits per heavy atom. The summed E-state index contributed by atoms with van der Waals surface area (Å²) in [5.41, 5.74) is 0.261. The highest BCUT2D eigenvalue weighted by Crippen LogP contribution is 2.41. The smallest absolute Gasteiger partial charge is 0.257 e. The van der Waals surface area contributed by atoms with Crippen LogP contribution in [0.5, 0.6) is 5.88 Å². The Kier molecular flexibility index (Phi) is 3.78. The molecule has 0 atom stereocenters. The van der Waals surface area contributed by atoms with Crippen LogP contribution in [0.1, 0.15) is 19.3 Å². The van der Waals surface area contributed by atoms with Crippen molar-refractivity contribution in [1.82, 2.24) is 9.97 Å². The molecule has 1 N–H and O–H groups in total. The fourth-order valence-corrected chi connectivity index (χ4v) is 2.22. The van der Waals surface area contributed by atoms with Crippen LogP contribution >= 0.6 is 0 Å². The summed E-state index contributed by atoms with van der Waals surface area (Å²) in [6, 6.07) is 0. The number of ether oxygens (including phenoxy) is 2. The molecule has 0 aromatic carbocycles. The number of hydrogen-bond acceptors (Lipinski definition) is 5. The van der Waals surface area contributed by atoms with Crippen molar-refractivity contribution in [3.63, 3.8) is 0 Å². The van der Waals surface area contributed by atoms with Crippen LogP contribution in [0.3, 0.4) is 0 Å². The van der Waals surface area contributed by atoms with Gasteiger partial charge in [0.2, 0.25) is 0 Å². The molecule has 0 radical (unpaired) electrons. The molecule has 5 heteroatoms. The standard InChI is InChI=1S/C12H19N3O2/c1-16-9-12(4-3-5-12)8-15-10-11(17-2)14-7-6-13-10/h6-7H,3-5,8-9H2,1-2H3,(H,13,15). The molecular weight excluding hydrogens is 218 g/mol. The second kappa shape index (κ2) is 5.31. The molecule has 1 fully saturated rings. The lowest BCUT2D eigenvalue weighted by Crippen LogP contribution is -2.40. The number of methoxy groups -OCH3 is 2. The molecule has 0 amide bonds. The Morgan fingerprint density at radius 1 is 1.29 bits per heavy atom. The third kappa shape index (κ3) is 2.66. The first-order chi connectivity index (χ1) is 8.29. The molecule has 94 valence electrons. The molecule has 1 aliphatic rings. The van der Waals surface area contributed by atoms with Gasteiger partial charge in [-0.05, 0) is 12.8 Å². The van der Waals surface area contributed by atoms with Gasteiger partial charge >= 0.3 is 0 Å². The summed E-state index contributed by atoms with van der Waals surface area (Å²) in [6.07, 6.45) is 6.97. The van der Waals surface area contributed by atoms with Gasteiger partial charge in [0, 0.05) is 31.5 Å². The Labute approximate surface area is 102 Å². The van der Waals surface area contributed by atoms with E-state index in [-0.39, 0.29) is 5.41 Å². The van der Waals surface area contributed by atoms with Crippen molar-refractivity contribution in [2.45, 2.75) is 19.3 Å². The first kappa shape index (κ1) is 12.1. The molecule has 17 heavy (non-hydrogen) atoms. The molecule has 0 saturated heterocycles. The fraction of sp³-hybridized carbons (Fsp3) is 0.667. The maximum atomic E-state index is 5.29. The van der Waals surface area contributed by atoms with Gasteiger partial charge in [0.15, 0.2) is 5.82 Å². The summed E-state index contributed by atoms with van der Waals surface area (Å²) in [4.78, 5) is 8.34. The van der Waals surface area contributed by atoms with Crippen LogP contribution in [0.25, 0.3) is 0 Å². The predicted molar refractivity (Wildman–Crippen MR) is 65.2 cm³/mol. The van der Waals surface area contributed by atoms with E-state index in [2.05, 4.69) is 15.3 Å². The van der Waals surface area contributed by atoms with Crippen LogP contribution in [-0.4, -0.2) is 37.3 Å². The summed E-state index contributed by atoms with van der Waals surface area (Å²) in [7, 11) is 3.35. The zero-order chi connectivity index (χ0) is 12.1. The van der Waals surface area contributed by atoms with E-state index < -0.39 is 0 Å². The zero-order valence-corrected chi connectivity index (χ0v) is 10.4. The van der Waals surface area contributed by atoms with E-state index in [0.717, 1.165) is 13.2 Å². The number of rotatable bonds is 6. The predicted octanol–water partition coefficient (Wildman–Crippen LogP) is 1.71. The molecule has 1 heterocycles. The minimum atomic E-state index is 0.261. The fourth-order valence-electron chi connectivity index (χ4n) is 2.22. The lowest BCUT2D eigenvalue weighted by molar-refractivity contribution is 0.0282. The molecule has 1 aromatic rings. The molecule has 0 spiro atoms. The van der Waals surface area contributed by atoms with Gasteiger partial charge in [0.1, 0.15) is 0 Å². The first-order valence-electron chi connectivity index (χ1n) is 5.87. The molecule has 0 bridgehead atoms. The van der Waals surface area contributed by atoms with Gasteiger partial charge in [-0.1, -0.05) is 6.42 Å². The van der Waals surface area contributed by atoms with Crippen molar-refractivity contribution in [2.75, 3.05) is 32.7 Å². The van der Waals surface area contributed by atoms with Gasteiger partial charge in [-0.15, -0.1) is 0 Å². The lowest BCUT2D eigenvalue weighted by atomic mass is 9.69. The highest BCUT2D eigenvalue weighted by molar-refractivity contribution is 5.44. The van der Waals surface area contributed by atoms with Crippen LogP contribution in [0.15, 0.2) is 12.4 Å². The number of hydrogen-bond donors (Lipinski definition) is 1. The van der Waals surface area contributed by atoms with Gasteiger partial charge in [-0.3, -0.25) is 0 Å². The van der Waals surface area contributed by atoms with Crippen molar-refractivity contribution < 1.29 is 9.47 Å². The van der Waals surface area contributed by atoms with Crippen LogP contribution in [0.2, 0.25) is 0 Å². The molecule has 1 aromatic heterocycles. The van der Waals surface area contributed by atoms with Crippen LogP contribution in [0, 0.1) is 5.41 Å². The van der Waals surface area contributed by atoms with E-state index in [1.165, 1.54) is 19.3 Å². The quantitative estimate of drug-likeness (QED) is 0.816. The van der Waals surface area contributed by atoms with Crippen molar-refractivity contribution >= 4 is 5.82 Å². The Balaban J connectivity index is 1.96. The second-order valence-corrected chi connectivity index (χ2v) is 4.55. The molecule has 1 aliphatic carbocycles. The molecular formula is C12H19N3O2. The second-order valence-electron chi connectivity index (χ2n) is 4.55. The highest BCUT2D eigenvalue weighted by atomic mass is 16.5. The third-order valence-electron chi connectivity index (χ3n) is 3.35. The summed E-state index contributed by atoms with van der Waals surface area (Å²) in [5, 5.41) is 3.31. The van der Waals surface area contributed by atoms with Gasteiger partial charge < -0.3 is 14.8 Å². The topological polar surface area (TPSA) is 56.3 Å². The highest BCUT2D eigenvalue weighted by Gasteiger charge is 2.37. The molecule has 0 aliphatic heterocycles. The van der Waals surface area contributed by atoms with Crippen molar-refractivity contribution in [3.05, 3.63) is 12.4 Å². The Hall–Kier alpha value is -1.36. The number of anilines is 1. The summed E-state index contributed by atoms with van der Waals surface area (Å²) in [5.74, 6) is 1.25. The zero-order valence-electron chi connectivity index (χ0n) is 10.4. The molecule has 1 saturated carbocycles. The van der Waals surface area contributed by atoms with Gasteiger partial charge in [-0.2, -0.15) is 0 Å². The summed E-state index contributed by atoms with van der Waals surface area (Å²) >= 11 is 0. The van der Waals surface area contributed by atoms with Crippen molar-refractivity contribution in [1.29, 1.82) is 0 Å². The van der Waals surface area contributed by atoms with E-state index >= 15 is 0 Å². The van der Waals surface area contributed by atoms with Crippen LogP contribution in [-0.2, 0) is 4.74 Å². The number of nitrogens with one attached hydrogen (secondary N) is 1. The average molecular weight is 237 g/mol. The Morgan fingerprint density at radius 2 is 2.06 bits per heavy atom. The average Bonchev–Trinajstić information content (AvgIpc) is 2.33. The van der Waals surface area contributed by atoms with E-state index in [1.54, 1.807) is 26.6 Å². The first-order valence-corrected chi connectivity index (χ1v) is 5.87. The van der Waals surface area contributed by atoms with Gasteiger partial charge in [0.25, 0.3) is 5.88 Å². The van der Waals surface area contributed by atoms with Crippen LogP contribution < -0.4 is 10.1 Å². The maximum absolute atomic E-state index is 5.29. The van der Waals surface area contributed by atoms with E-state index in [9.17, 15) is 0 Å². The lowest BCUT2D eigenvalue weighted by Gasteiger charge is -2.41. The van der Waals surface area contributed by atoms with Gasteiger partial charge in [0.05, 0.1) is 13.7 Å². The van der Waals surface area contributed by atoms with Crippen molar-refractivity contribution in [2.24, 2.45) is 5.41 Å². The minimum absolute atomic E-state index is 0.261. The monoisotopic (exact) mass is 237 g/mol. The number of aromatic nitrogens is 2. The summed E-state index contributed by atoms with van der Waals surface area (Å²) < 4.78 is 10.4. The minimum Gasteiger partial charge on any atom is -0.478 e. The SMILES string of the molecule is COCC1(CNc2nccnc2OC)CCC1. The third-order valence-corrected chi connectivity index (χ3v) is 3.35. The largest absolute Gasteiger partial charge is 0.478 e. The Bertz CT molecular complexity index is 367. The van der Waals surface area contributed by atoms with Gasteiger partial charge in [-0.25, -0.2) is 9.97 Å². The van der Waals surface area contributed by atoms with E-state index in [0.29, 0.717) is 11.7 Å². The van der Waals surface area contributed by atoms with Crippen molar-refractivity contribution in [3.8, 4) is 5.88 Å². The molecule has 2 rings (SSSR count). The summed E-state index contributed by atoms with van der Waals surface area (Å²) in [6.45, 7) is 1.65. The number of nitrogens with zero attached hydrogens (tertiary/aromatic N) is 2. The maximum Gasteiger partial charge on any atom is 0.257 e. The normalized spacial score (nSPS) is 17.3. The molecule has 0 unspecified atom stereocenters.